The van der Waals surface area contributed by atoms with Gasteiger partial charge in [0.05, 0.1) is 5.56 Å². The van der Waals surface area contributed by atoms with Crippen molar-refractivity contribution in [2.24, 2.45) is 0 Å². The standard InChI is InChI=1S/C16H16N2O2/c19-16(20)13-6-8-17-15(10-13)18-9-7-14(11-18)12-4-2-1-3-5-12/h1-6,8,10,14H,7,9,11H2,(H,19,20). The normalized spacial score (nSPS) is 18.2. The van der Waals surface area contributed by atoms with Crippen molar-refractivity contribution in [2.75, 3.05) is 18.0 Å². The van der Waals surface area contributed by atoms with E-state index < -0.39 is 5.97 Å². The lowest BCUT2D eigenvalue weighted by Gasteiger charge is -2.17. The van der Waals surface area contributed by atoms with Crippen LogP contribution >= 0.6 is 0 Å². The summed E-state index contributed by atoms with van der Waals surface area (Å²) in [4.78, 5) is 17.5. The molecule has 0 bridgehead atoms. The monoisotopic (exact) mass is 268 g/mol. The zero-order chi connectivity index (χ0) is 13.9. The SMILES string of the molecule is O=C(O)c1ccnc(N2CCC(c3ccccc3)C2)c1. The van der Waals surface area contributed by atoms with E-state index >= 15 is 0 Å². The molecule has 20 heavy (non-hydrogen) atoms. The molecule has 1 fully saturated rings. The van der Waals surface area contributed by atoms with Crippen molar-refractivity contribution in [1.29, 1.82) is 0 Å². The van der Waals surface area contributed by atoms with Gasteiger partial charge in [0.1, 0.15) is 5.82 Å². The van der Waals surface area contributed by atoms with Crippen molar-refractivity contribution in [3.05, 3.63) is 59.8 Å². The molecule has 4 heteroatoms. The van der Waals surface area contributed by atoms with Crippen LogP contribution in [0.1, 0.15) is 28.3 Å². The number of nitrogens with zero attached hydrogens (tertiary/aromatic N) is 2. The van der Waals surface area contributed by atoms with Crippen LogP contribution in [0.25, 0.3) is 0 Å². The van der Waals surface area contributed by atoms with Gasteiger partial charge in [-0.1, -0.05) is 30.3 Å². The fourth-order valence-electron chi connectivity index (χ4n) is 2.69. The Morgan fingerprint density at radius 2 is 2.05 bits per heavy atom. The highest BCUT2D eigenvalue weighted by Gasteiger charge is 2.24. The number of benzene rings is 1. The van der Waals surface area contributed by atoms with Gasteiger partial charge in [0.2, 0.25) is 0 Å². The van der Waals surface area contributed by atoms with E-state index in [0.717, 1.165) is 25.3 Å². The summed E-state index contributed by atoms with van der Waals surface area (Å²) in [6, 6.07) is 13.6. The van der Waals surface area contributed by atoms with Crippen LogP contribution < -0.4 is 4.90 Å². The van der Waals surface area contributed by atoms with Gasteiger partial charge in [0.25, 0.3) is 0 Å². The number of aromatic nitrogens is 1. The van der Waals surface area contributed by atoms with Crippen LogP contribution in [0.2, 0.25) is 0 Å². The van der Waals surface area contributed by atoms with E-state index in [1.807, 2.05) is 6.07 Å². The van der Waals surface area contributed by atoms with E-state index in [2.05, 4.69) is 34.1 Å². The number of carboxylic acid groups (broad SMARTS) is 1. The molecule has 1 aromatic carbocycles. The van der Waals surface area contributed by atoms with Crippen molar-refractivity contribution < 1.29 is 9.90 Å². The second-order valence-corrected chi connectivity index (χ2v) is 5.05. The molecule has 0 spiro atoms. The number of pyridine rings is 1. The number of carbonyl (C=O) groups is 1. The summed E-state index contributed by atoms with van der Waals surface area (Å²) in [6.07, 6.45) is 2.64. The first kappa shape index (κ1) is 12.7. The van der Waals surface area contributed by atoms with Gasteiger partial charge in [-0.2, -0.15) is 0 Å². The van der Waals surface area contributed by atoms with E-state index in [4.69, 9.17) is 5.11 Å². The van der Waals surface area contributed by atoms with Crippen molar-refractivity contribution in [3.8, 4) is 0 Å². The Hall–Kier alpha value is -2.36. The largest absolute Gasteiger partial charge is 0.478 e. The minimum Gasteiger partial charge on any atom is -0.478 e. The molecule has 0 aliphatic carbocycles. The smallest absolute Gasteiger partial charge is 0.335 e. The predicted molar refractivity (Wildman–Crippen MR) is 77.2 cm³/mol. The van der Waals surface area contributed by atoms with Crippen LogP contribution in [0, 0.1) is 0 Å². The average molecular weight is 268 g/mol. The third-order valence-electron chi connectivity index (χ3n) is 3.78. The molecule has 1 N–H and O–H groups in total. The predicted octanol–water partition coefficient (Wildman–Crippen LogP) is 2.77. The van der Waals surface area contributed by atoms with Crippen LogP contribution in [-0.4, -0.2) is 29.1 Å². The van der Waals surface area contributed by atoms with E-state index in [9.17, 15) is 4.79 Å². The number of aromatic carboxylic acids is 1. The first-order chi connectivity index (χ1) is 9.74. The first-order valence-electron chi connectivity index (χ1n) is 6.73. The zero-order valence-electron chi connectivity index (χ0n) is 11.1. The number of carboxylic acids is 1. The Morgan fingerprint density at radius 3 is 2.80 bits per heavy atom. The Bertz CT molecular complexity index is 613. The molecule has 3 rings (SSSR count). The van der Waals surface area contributed by atoms with Crippen molar-refractivity contribution in [2.45, 2.75) is 12.3 Å². The maximum atomic E-state index is 11.0. The third kappa shape index (κ3) is 2.50. The molecule has 1 unspecified atom stereocenters. The Kier molecular flexibility index (Phi) is 3.37. The molecule has 102 valence electrons. The molecular weight excluding hydrogens is 252 g/mol. The van der Waals surface area contributed by atoms with Gasteiger partial charge in [0.15, 0.2) is 0 Å². The Morgan fingerprint density at radius 1 is 1.25 bits per heavy atom. The van der Waals surface area contributed by atoms with Crippen molar-refractivity contribution in [1.82, 2.24) is 4.98 Å². The van der Waals surface area contributed by atoms with Gasteiger partial charge in [-0.25, -0.2) is 9.78 Å². The van der Waals surface area contributed by atoms with Gasteiger partial charge in [-0.05, 0) is 24.1 Å². The van der Waals surface area contributed by atoms with E-state index in [-0.39, 0.29) is 5.56 Å². The summed E-state index contributed by atoms with van der Waals surface area (Å²) in [5.41, 5.74) is 1.63. The molecule has 1 aromatic heterocycles. The van der Waals surface area contributed by atoms with Crippen molar-refractivity contribution in [3.63, 3.8) is 0 Å². The molecule has 2 heterocycles. The lowest BCUT2D eigenvalue weighted by atomic mass is 9.99. The highest BCUT2D eigenvalue weighted by molar-refractivity contribution is 5.88. The second-order valence-electron chi connectivity index (χ2n) is 5.05. The highest BCUT2D eigenvalue weighted by Crippen LogP contribution is 2.29. The molecule has 0 saturated carbocycles. The molecule has 1 aliphatic heterocycles. The third-order valence-corrected chi connectivity index (χ3v) is 3.78. The molecule has 0 radical (unpaired) electrons. The van der Waals surface area contributed by atoms with Gasteiger partial charge in [-0.15, -0.1) is 0 Å². The lowest BCUT2D eigenvalue weighted by Crippen LogP contribution is -2.20. The maximum Gasteiger partial charge on any atom is 0.335 e. The van der Waals surface area contributed by atoms with Crippen LogP contribution in [0.3, 0.4) is 0 Å². The quantitative estimate of drug-likeness (QED) is 0.930. The van der Waals surface area contributed by atoms with Crippen LogP contribution in [0.15, 0.2) is 48.7 Å². The Balaban J connectivity index is 1.77. The fraction of sp³-hybridized carbons (Fsp3) is 0.250. The Labute approximate surface area is 117 Å². The topological polar surface area (TPSA) is 53.4 Å². The lowest BCUT2D eigenvalue weighted by molar-refractivity contribution is 0.0697. The summed E-state index contributed by atoms with van der Waals surface area (Å²) in [5, 5.41) is 9.04. The molecule has 0 amide bonds. The summed E-state index contributed by atoms with van der Waals surface area (Å²) in [5.74, 6) is 0.335. The van der Waals surface area contributed by atoms with Gasteiger partial charge >= 0.3 is 5.97 Å². The first-order valence-corrected chi connectivity index (χ1v) is 6.73. The zero-order valence-corrected chi connectivity index (χ0v) is 11.1. The molecule has 1 saturated heterocycles. The minimum atomic E-state index is -0.910. The summed E-state index contributed by atoms with van der Waals surface area (Å²) >= 11 is 0. The molecule has 1 atom stereocenters. The molecular formula is C16H16N2O2. The second kappa shape index (κ2) is 5.33. The van der Waals surface area contributed by atoms with Crippen molar-refractivity contribution >= 4 is 11.8 Å². The molecule has 1 aliphatic rings. The summed E-state index contributed by atoms with van der Waals surface area (Å²) in [7, 11) is 0. The molecule has 2 aromatic rings. The van der Waals surface area contributed by atoms with Gasteiger partial charge in [0, 0.05) is 25.2 Å². The van der Waals surface area contributed by atoms with Crippen LogP contribution in [0.5, 0.6) is 0 Å². The number of hydrogen-bond acceptors (Lipinski definition) is 3. The number of hydrogen-bond donors (Lipinski definition) is 1. The minimum absolute atomic E-state index is 0.290. The fourth-order valence-corrected chi connectivity index (χ4v) is 2.69. The van der Waals surface area contributed by atoms with E-state index in [0.29, 0.717) is 5.92 Å². The number of rotatable bonds is 3. The summed E-state index contributed by atoms with van der Waals surface area (Å²) in [6.45, 7) is 1.80. The van der Waals surface area contributed by atoms with Crippen LogP contribution in [0.4, 0.5) is 5.82 Å². The van der Waals surface area contributed by atoms with E-state index in [1.165, 1.54) is 11.6 Å². The maximum absolute atomic E-state index is 11.0. The molecule has 4 nitrogen and oxygen atoms in total. The van der Waals surface area contributed by atoms with Gasteiger partial charge in [-0.3, -0.25) is 0 Å². The van der Waals surface area contributed by atoms with Crippen LogP contribution in [-0.2, 0) is 0 Å². The van der Waals surface area contributed by atoms with E-state index in [1.54, 1.807) is 12.3 Å². The summed E-state index contributed by atoms with van der Waals surface area (Å²) < 4.78 is 0. The van der Waals surface area contributed by atoms with Gasteiger partial charge < -0.3 is 10.0 Å². The highest BCUT2D eigenvalue weighted by atomic mass is 16.4. The average Bonchev–Trinajstić information content (AvgIpc) is 2.98. The number of anilines is 1.